The Bertz CT molecular complexity index is 1860. The molecule has 5 aromatic rings. The predicted octanol–water partition coefficient (Wildman–Crippen LogP) is 8.59. The first-order valence-electron chi connectivity index (χ1n) is 14.7. The van der Waals surface area contributed by atoms with Crippen LogP contribution >= 0.6 is 0 Å². The Morgan fingerprint density at radius 1 is 0.714 bits per heavy atom. The summed E-state index contributed by atoms with van der Waals surface area (Å²) in [6.45, 7) is 8.33. The zero-order chi connectivity index (χ0) is 28.9. The van der Waals surface area contributed by atoms with Crippen molar-refractivity contribution in [1.29, 1.82) is 0 Å². The van der Waals surface area contributed by atoms with E-state index in [1.165, 1.54) is 11.1 Å². The maximum absolute atomic E-state index is 6.40. The number of allylic oxidation sites excluding steroid dienone is 3. The van der Waals surface area contributed by atoms with Gasteiger partial charge in [-0.05, 0) is 80.9 Å². The summed E-state index contributed by atoms with van der Waals surface area (Å²) in [7, 11) is -0.451. The Hall–Kier alpha value is -4.19. The van der Waals surface area contributed by atoms with Crippen molar-refractivity contribution in [2.75, 3.05) is 0 Å². The van der Waals surface area contributed by atoms with Crippen molar-refractivity contribution in [2.45, 2.75) is 51.7 Å². The van der Waals surface area contributed by atoms with Crippen LogP contribution in [0.1, 0.15) is 57.2 Å². The van der Waals surface area contributed by atoms with E-state index in [4.69, 9.17) is 18.7 Å². The Labute approximate surface area is 247 Å². The number of hydrogen-bond donors (Lipinski definition) is 0. The molecule has 4 aromatic carbocycles. The fourth-order valence-electron chi connectivity index (χ4n) is 5.80. The SMILES string of the molecule is CC1(C)OB(c2ccc3oc4cccc(C5=N/C(c6ccccc6)=C\CC/C(c6ccccc6)=C\5)c4c3c2)OC1(C)C. The van der Waals surface area contributed by atoms with Crippen LogP contribution in [-0.4, -0.2) is 24.0 Å². The summed E-state index contributed by atoms with van der Waals surface area (Å²) in [5.41, 5.74) is 8.33. The fourth-order valence-corrected chi connectivity index (χ4v) is 5.80. The largest absolute Gasteiger partial charge is 0.494 e. The number of nitrogens with zero attached hydrogens (tertiary/aromatic N) is 1. The second kappa shape index (κ2) is 10.3. The van der Waals surface area contributed by atoms with Gasteiger partial charge in [-0.3, -0.25) is 0 Å². The quantitative estimate of drug-likeness (QED) is 0.210. The van der Waals surface area contributed by atoms with Gasteiger partial charge in [-0.15, -0.1) is 0 Å². The van der Waals surface area contributed by atoms with Gasteiger partial charge < -0.3 is 13.7 Å². The lowest BCUT2D eigenvalue weighted by atomic mass is 9.78. The molecule has 0 atom stereocenters. The molecule has 1 fully saturated rings. The molecule has 0 amide bonds. The molecule has 0 unspecified atom stereocenters. The molecule has 2 aliphatic rings. The number of furan rings is 1. The maximum atomic E-state index is 6.40. The number of benzene rings is 4. The minimum absolute atomic E-state index is 0.414. The van der Waals surface area contributed by atoms with Crippen LogP contribution in [0.2, 0.25) is 0 Å². The molecule has 0 saturated carbocycles. The minimum atomic E-state index is -0.451. The summed E-state index contributed by atoms with van der Waals surface area (Å²) < 4.78 is 19.2. The molecule has 5 heteroatoms. The van der Waals surface area contributed by atoms with E-state index in [2.05, 4.69) is 113 Å². The van der Waals surface area contributed by atoms with Crippen molar-refractivity contribution in [3.63, 3.8) is 0 Å². The van der Waals surface area contributed by atoms with Crippen LogP contribution < -0.4 is 5.46 Å². The summed E-state index contributed by atoms with van der Waals surface area (Å²) in [5, 5.41) is 2.07. The van der Waals surface area contributed by atoms with Crippen molar-refractivity contribution in [3.8, 4) is 0 Å². The molecule has 0 bridgehead atoms. The van der Waals surface area contributed by atoms with E-state index in [-0.39, 0.29) is 0 Å². The van der Waals surface area contributed by atoms with E-state index in [9.17, 15) is 0 Å². The van der Waals surface area contributed by atoms with Crippen LogP contribution in [0.4, 0.5) is 0 Å². The van der Waals surface area contributed by atoms with Crippen LogP contribution in [0.5, 0.6) is 0 Å². The molecule has 3 heterocycles. The summed E-state index contributed by atoms with van der Waals surface area (Å²) in [6.07, 6.45) is 6.36. The molecule has 1 aromatic heterocycles. The lowest BCUT2D eigenvalue weighted by Crippen LogP contribution is -2.41. The van der Waals surface area contributed by atoms with Crippen molar-refractivity contribution in [2.24, 2.45) is 4.99 Å². The Morgan fingerprint density at radius 3 is 2.12 bits per heavy atom. The number of fused-ring (bicyclic) bond motifs is 3. The van der Waals surface area contributed by atoms with Gasteiger partial charge in [0, 0.05) is 16.3 Å². The van der Waals surface area contributed by atoms with E-state index < -0.39 is 18.3 Å². The first-order chi connectivity index (χ1) is 20.3. The van der Waals surface area contributed by atoms with E-state index in [0.717, 1.165) is 62.8 Å². The van der Waals surface area contributed by atoms with E-state index in [0.29, 0.717) is 0 Å². The third-order valence-electron chi connectivity index (χ3n) is 8.84. The zero-order valence-corrected chi connectivity index (χ0v) is 24.6. The van der Waals surface area contributed by atoms with Crippen molar-refractivity contribution < 1.29 is 13.7 Å². The zero-order valence-electron chi connectivity index (χ0n) is 24.6. The highest BCUT2D eigenvalue weighted by Gasteiger charge is 2.51. The highest BCUT2D eigenvalue weighted by Crippen LogP contribution is 2.38. The van der Waals surface area contributed by atoms with Gasteiger partial charge in [0.05, 0.1) is 22.6 Å². The summed E-state index contributed by atoms with van der Waals surface area (Å²) >= 11 is 0. The molecule has 7 rings (SSSR count). The smallest absolute Gasteiger partial charge is 0.456 e. The molecule has 42 heavy (non-hydrogen) atoms. The normalized spacial score (nSPS) is 22.1. The highest BCUT2D eigenvalue weighted by molar-refractivity contribution is 6.62. The molecule has 0 aliphatic carbocycles. The second-order valence-corrected chi connectivity index (χ2v) is 12.2. The molecule has 0 N–H and O–H groups in total. The van der Waals surface area contributed by atoms with Crippen molar-refractivity contribution in [1.82, 2.24) is 0 Å². The predicted molar refractivity (Wildman–Crippen MR) is 174 cm³/mol. The second-order valence-electron chi connectivity index (χ2n) is 12.2. The number of rotatable bonds is 4. The average molecular weight is 551 g/mol. The summed E-state index contributed by atoms with van der Waals surface area (Å²) in [5.74, 6) is 0. The van der Waals surface area contributed by atoms with Gasteiger partial charge in [-0.2, -0.15) is 0 Å². The first-order valence-corrected chi connectivity index (χ1v) is 14.7. The lowest BCUT2D eigenvalue weighted by molar-refractivity contribution is 0.00578. The lowest BCUT2D eigenvalue weighted by Gasteiger charge is -2.32. The van der Waals surface area contributed by atoms with Gasteiger partial charge in [0.2, 0.25) is 0 Å². The fraction of sp³-hybridized carbons (Fsp3) is 0.216. The number of aliphatic imine (C=N–C) groups is 1. The van der Waals surface area contributed by atoms with Crippen LogP contribution in [0.25, 0.3) is 33.2 Å². The molecular weight excluding hydrogens is 517 g/mol. The van der Waals surface area contributed by atoms with Crippen LogP contribution in [0.3, 0.4) is 0 Å². The van der Waals surface area contributed by atoms with E-state index in [1.807, 2.05) is 24.3 Å². The molecular formula is C37H34BNO3. The third kappa shape index (κ3) is 4.73. The Balaban J connectivity index is 1.42. The molecule has 4 nitrogen and oxygen atoms in total. The maximum Gasteiger partial charge on any atom is 0.494 e. The summed E-state index contributed by atoms with van der Waals surface area (Å²) in [6, 6.07) is 33.5. The molecule has 208 valence electrons. The van der Waals surface area contributed by atoms with Crippen molar-refractivity contribution in [3.05, 3.63) is 126 Å². The van der Waals surface area contributed by atoms with E-state index in [1.54, 1.807) is 0 Å². The van der Waals surface area contributed by atoms with Gasteiger partial charge >= 0.3 is 7.12 Å². The Morgan fingerprint density at radius 2 is 1.40 bits per heavy atom. The topological polar surface area (TPSA) is 44.0 Å². The monoisotopic (exact) mass is 551 g/mol. The van der Waals surface area contributed by atoms with Gasteiger partial charge in [0.1, 0.15) is 11.2 Å². The highest BCUT2D eigenvalue weighted by atomic mass is 16.7. The minimum Gasteiger partial charge on any atom is -0.456 e. The molecule has 1 saturated heterocycles. The van der Waals surface area contributed by atoms with Gasteiger partial charge in [0.25, 0.3) is 0 Å². The van der Waals surface area contributed by atoms with Crippen LogP contribution in [0.15, 0.2) is 119 Å². The molecule has 0 radical (unpaired) electrons. The van der Waals surface area contributed by atoms with Crippen LogP contribution in [-0.2, 0) is 9.31 Å². The molecule has 2 aliphatic heterocycles. The van der Waals surface area contributed by atoms with Crippen LogP contribution in [0, 0.1) is 0 Å². The standard InChI is InChI=1S/C37H34BNO3/c1-36(2)37(3,4)42-38(41-36)28-21-22-33-30(24-28)35-29(18-12-20-34(35)40-33)32-23-27(25-13-7-5-8-14-25)17-11-19-31(39-32)26-15-9-6-10-16-26/h5-10,12-16,18-24H,11,17H2,1-4H3/b27-23+,31-19-,39-32+. The van der Waals surface area contributed by atoms with Gasteiger partial charge in [-0.1, -0.05) is 91.0 Å². The average Bonchev–Trinajstić information content (AvgIpc) is 3.46. The van der Waals surface area contributed by atoms with Gasteiger partial charge in [-0.25, -0.2) is 4.99 Å². The van der Waals surface area contributed by atoms with E-state index >= 15 is 0 Å². The third-order valence-corrected chi connectivity index (χ3v) is 8.84. The first kappa shape index (κ1) is 26.7. The van der Waals surface area contributed by atoms with Crippen molar-refractivity contribution >= 4 is 51.5 Å². The molecule has 0 spiro atoms. The summed E-state index contributed by atoms with van der Waals surface area (Å²) in [4.78, 5) is 5.34. The Kier molecular flexibility index (Phi) is 6.53. The number of hydrogen-bond acceptors (Lipinski definition) is 4. The van der Waals surface area contributed by atoms with Gasteiger partial charge in [0.15, 0.2) is 0 Å².